The van der Waals surface area contributed by atoms with Gasteiger partial charge in [0.2, 0.25) is 0 Å². The lowest BCUT2D eigenvalue weighted by atomic mass is 9.86. The van der Waals surface area contributed by atoms with Gasteiger partial charge in [0.05, 0.1) is 129 Å². The minimum atomic E-state index is -1.52. The molecular weight excluding hydrogens is 1910 g/mol. The molecule has 7 aliphatic heterocycles. The molecule has 0 unspecified atom stereocenters. The van der Waals surface area contributed by atoms with Crippen LogP contribution in [-0.4, -0.2) is 272 Å². The van der Waals surface area contributed by atoms with E-state index in [1.165, 1.54) is 48.8 Å². The third-order valence-electron chi connectivity index (χ3n) is 29.2. The van der Waals surface area contributed by atoms with Gasteiger partial charge in [-0.15, -0.1) is 0 Å². The number of hydrogen-bond acceptors (Lipinski definition) is 41. The summed E-state index contributed by atoms with van der Waals surface area (Å²) in [7, 11) is 0. The van der Waals surface area contributed by atoms with Gasteiger partial charge >= 0.3 is 0 Å². The van der Waals surface area contributed by atoms with Gasteiger partial charge in [-0.2, -0.15) is 35.7 Å². The predicted octanol–water partition coefficient (Wildman–Crippen LogP) is 5.84. The average molecular weight is 2030 g/mol. The Labute approximate surface area is 829 Å². The van der Waals surface area contributed by atoms with Crippen molar-refractivity contribution in [3.8, 4) is 0 Å². The van der Waals surface area contributed by atoms with Crippen LogP contribution in [0.1, 0.15) is 167 Å². The van der Waals surface area contributed by atoms with Gasteiger partial charge in [0.1, 0.15) is 138 Å². The summed E-state index contributed by atoms with van der Waals surface area (Å²) in [6, 6.07) is 18.2. The second-order valence-electron chi connectivity index (χ2n) is 37.4. The van der Waals surface area contributed by atoms with Crippen LogP contribution in [0.25, 0.3) is 69.9 Å². The molecule has 7 fully saturated rings. The highest BCUT2D eigenvalue weighted by Gasteiger charge is 2.56. The van der Waals surface area contributed by atoms with Crippen molar-refractivity contribution >= 4 is 79.3 Å². The van der Waals surface area contributed by atoms with Gasteiger partial charge < -0.3 is 124 Å². The molecule has 28 atom stereocenters. The van der Waals surface area contributed by atoms with Crippen molar-refractivity contribution in [3.63, 3.8) is 0 Å². The molecule has 780 valence electrons. The molecule has 146 heavy (non-hydrogen) atoms. The molecular formula is C90H119F2N37O17. The minimum absolute atomic E-state index is 0.0151. The van der Waals surface area contributed by atoms with Gasteiger partial charge in [-0.1, -0.05) is 77.7 Å². The normalized spacial score (nSPS) is 30.7. The van der Waals surface area contributed by atoms with Crippen LogP contribution >= 0.6 is 0 Å². The summed E-state index contributed by atoms with van der Waals surface area (Å²) in [5.41, 5.74) is 76.2. The molecule has 14 aromatic heterocycles. The topological polar surface area (TPSA) is 807 Å². The second kappa shape index (κ2) is 43.4. The van der Waals surface area contributed by atoms with Gasteiger partial charge in [0, 0.05) is 44.3 Å². The van der Waals surface area contributed by atoms with Gasteiger partial charge in [-0.05, 0) is 151 Å². The van der Waals surface area contributed by atoms with E-state index in [9.17, 15) is 59.8 Å². The van der Waals surface area contributed by atoms with Gasteiger partial charge in [0.25, 0.3) is 0 Å². The molecule has 0 saturated carbocycles. The van der Waals surface area contributed by atoms with Crippen LogP contribution < -0.4 is 40.1 Å². The second-order valence-corrected chi connectivity index (χ2v) is 37.4. The minimum Gasteiger partial charge on any atom is -0.394 e. The number of aliphatic hydroxyl groups is 10. The molecule has 21 heterocycles. The number of halogens is 2. The van der Waals surface area contributed by atoms with Crippen molar-refractivity contribution in [1.82, 2.24) is 102 Å². The summed E-state index contributed by atoms with van der Waals surface area (Å²) in [6.45, 7) is 22.2. The highest BCUT2D eigenvalue weighted by atomic mass is 19.1. The van der Waals surface area contributed by atoms with Gasteiger partial charge in [-0.25, -0.2) is 75.3 Å². The van der Waals surface area contributed by atoms with E-state index in [4.69, 9.17) is 89.9 Å². The SMILES string of the molecule is C[C@H]1[C@H](F)[C@H](c2ccc3c(N)ncnn23)O[C@@H]1CO.C[C@H]1[C@H](O)[C@H](c2ccc3c(N)ncnn23)O[C@@H]1CO.C[C@H]1[C@H](c2ccc3c(N)ncnn23)O[C@@](CO)(N=[N+]=[N-])[C@H]1C.Cc1cc([C@@H]2O[C@@](CO)(N=[N+]=[N-])[C@@H](C)[C@@H]2O)n2ncnc(N)c12.Cc1cc([C@@H]2O[C@@](CO)(N=[N+]=[N-])[C@@H](C)[C@H]2C)n2ncnc(N)c12.Cc1cc([C@@H]2O[C@H](CO)[C@@H](C)[C@@H]2F)n2ncnc(N)c12.Cc1cc([C@@H]2O[C@H](CO)[C@@H](C)[C@@H]2O)n2ncnc(N)c12. The molecule has 21 rings (SSSR count). The Morgan fingerprint density at radius 2 is 0.555 bits per heavy atom. The molecule has 0 radical (unpaired) electrons. The number of fused-ring (bicyclic) bond motifs is 7. The summed E-state index contributed by atoms with van der Waals surface area (Å²) >= 11 is 0. The van der Waals surface area contributed by atoms with E-state index in [1.807, 2.05) is 99.6 Å². The Bertz CT molecular complexity index is 6820. The number of alkyl halides is 2. The van der Waals surface area contributed by atoms with Crippen LogP contribution in [-0.2, 0) is 33.2 Å². The number of aliphatic hydroxyl groups excluding tert-OH is 10. The number of nitrogens with zero attached hydrogens (tertiary/aromatic N) is 30. The molecule has 56 heteroatoms. The first kappa shape index (κ1) is 106. The van der Waals surface area contributed by atoms with Crippen molar-refractivity contribution in [3.05, 3.63) is 198 Å². The monoisotopic (exact) mass is 2030 g/mol. The van der Waals surface area contributed by atoms with Crippen molar-refractivity contribution in [2.24, 2.45) is 68.6 Å². The number of aryl methyl sites for hydroxylation is 4. The van der Waals surface area contributed by atoms with E-state index in [-0.39, 0.29) is 111 Å². The smallest absolute Gasteiger partial charge is 0.175 e. The molecule has 0 amide bonds. The Balaban J connectivity index is 0.000000128. The van der Waals surface area contributed by atoms with E-state index in [1.54, 1.807) is 78.2 Å². The van der Waals surface area contributed by atoms with E-state index >= 15 is 0 Å². The number of nitrogen functional groups attached to an aromatic ring is 7. The third kappa shape index (κ3) is 19.1. The van der Waals surface area contributed by atoms with Crippen LogP contribution in [0.4, 0.5) is 49.5 Å². The number of nitrogens with two attached hydrogens (primary N) is 7. The van der Waals surface area contributed by atoms with E-state index in [0.29, 0.717) is 91.1 Å². The first-order valence-electron chi connectivity index (χ1n) is 46.8. The molecule has 0 spiro atoms. The Morgan fingerprint density at radius 1 is 0.315 bits per heavy atom. The molecule has 7 aliphatic rings. The Kier molecular flexibility index (Phi) is 31.6. The highest BCUT2D eigenvalue weighted by Crippen LogP contribution is 2.53. The fraction of sp³-hybridized carbons (Fsp3) is 0.533. The van der Waals surface area contributed by atoms with E-state index in [2.05, 4.69) is 101 Å². The molecule has 24 N–H and O–H groups in total. The maximum Gasteiger partial charge on any atom is 0.175 e. The van der Waals surface area contributed by atoms with Crippen LogP contribution in [0.3, 0.4) is 0 Å². The van der Waals surface area contributed by atoms with Crippen molar-refractivity contribution < 1.29 is 93.0 Å². The van der Waals surface area contributed by atoms with Gasteiger partial charge in [-0.3, -0.25) is 0 Å². The van der Waals surface area contributed by atoms with Crippen LogP contribution in [0, 0.1) is 81.0 Å². The van der Waals surface area contributed by atoms with E-state index < -0.39 is 103 Å². The standard InChI is InChI=1S/C14H19N7O2.C13H17FN4O2.C13H17N7O3.C13H17N7O2.C13H18N4O3.C12H15FN4O2.C12H16N4O3/c1-7-4-10(21-11(7)13(15)17-6-18-21)12-8(2)9(3)14(5-22,23-12)19-20-16;1-6-3-8(18-11(6)13(15)16-5-17-18)12-10(14)7(2)9(4-19)20-12;1-6-3-8(20-9(6)12(14)16-5-17-20)11-10(22)7(2)13(4-21,23-11)18-19-15;1-7-8(2)13(5-21,18-19-15)22-11(7)9-3-4-10-12(14)16-6-17-20(9)10;1-6-3-8(17-10(6)13(14)15-5-16-17)12-11(19)7(2)9(4-18)20-12;1-6-9(4-18)19-11(10(6)13)7-2-3-8-12(14)15-5-16-17(7)8;1-6-9(4-17)19-11(10(6)18)7-2-3-8-12(13)14-5-15-16(7)8/h4,6,8-9,12,22H,5H2,1-3H3,(H2,15,17,18);3,5,7,9-10,12,19H,4H2,1-2H3,(H2,15,16,17);3,5,7,10-11,21-22H,4H2,1-2H3,(H2,14,16,17);3-4,6-8,11,21H,5H2,1-2H3,(H2,14,16,17);3,5,7,9,11-12,18-19H,4H2,1-2H3,(H2,14,15,16);2-3,5-6,9-11,18H,4H2,1H3,(H2,14,15,16);2-3,5-6,9-11,17-18H,4H2,1H3,(H2,13,14,15)/t8-,9+,12-,14-;7-,9-,10+,12+;7-,10-,11-,13+;7-,8+,11-,13-;7-,9-,11+,12+;2*6-,9-,10+,11+/m1101111/s1. The van der Waals surface area contributed by atoms with Crippen molar-refractivity contribution in [2.75, 3.05) is 86.4 Å². The Morgan fingerprint density at radius 3 is 0.856 bits per heavy atom. The highest BCUT2D eigenvalue weighted by molar-refractivity contribution is 5.74. The molecule has 0 aromatic carbocycles. The number of ether oxygens (including phenoxy) is 7. The van der Waals surface area contributed by atoms with Crippen molar-refractivity contribution in [1.29, 1.82) is 0 Å². The zero-order valence-corrected chi connectivity index (χ0v) is 81.7. The maximum absolute atomic E-state index is 14.4. The van der Waals surface area contributed by atoms with Crippen LogP contribution in [0.2, 0.25) is 0 Å². The van der Waals surface area contributed by atoms with Gasteiger partial charge in [0.15, 0.2) is 57.9 Å². The number of aromatic nitrogens is 21. The third-order valence-corrected chi connectivity index (χ3v) is 29.2. The zero-order valence-electron chi connectivity index (χ0n) is 81.7. The fourth-order valence-electron chi connectivity index (χ4n) is 20.1. The first-order valence-corrected chi connectivity index (χ1v) is 46.8. The average Bonchev–Trinajstić information content (AvgIpc) is 1.59. The molecule has 0 bridgehead atoms. The van der Waals surface area contributed by atoms with E-state index in [0.717, 1.165) is 50.4 Å². The lowest BCUT2D eigenvalue weighted by molar-refractivity contribution is -0.0882. The lowest BCUT2D eigenvalue weighted by Gasteiger charge is -2.25. The summed E-state index contributed by atoms with van der Waals surface area (Å²) in [5.74, 6) is 0.661. The predicted molar refractivity (Wildman–Crippen MR) is 518 cm³/mol. The summed E-state index contributed by atoms with van der Waals surface area (Å²) in [4.78, 5) is 36.0. The molecule has 54 nitrogen and oxygen atoms in total. The summed E-state index contributed by atoms with van der Waals surface area (Å²) in [5, 5.41) is 137. The van der Waals surface area contributed by atoms with Crippen LogP contribution in [0.15, 0.2) is 120 Å². The van der Waals surface area contributed by atoms with Crippen molar-refractivity contribution in [2.45, 2.75) is 205 Å². The molecule has 0 aliphatic carbocycles. The quantitative estimate of drug-likeness (QED) is 0.0289. The number of azide groups is 3. The fourth-order valence-corrected chi connectivity index (χ4v) is 20.1. The maximum atomic E-state index is 14.4. The zero-order chi connectivity index (χ0) is 105. The number of hydrogen-bond donors (Lipinski definition) is 17. The lowest BCUT2D eigenvalue weighted by Crippen LogP contribution is -2.37. The number of rotatable bonds is 17. The largest absolute Gasteiger partial charge is 0.394 e. The summed E-state index contributed by atoms with van der Waals surface area (Å²) < 4.78 is 80.4. The number of anilines is 7. The van der Waals surface area contributed by atoms with Crippen LogP contribution in [0.5, 0.6) is 0 Å². The molecule has 14 aromatic rings. The Hall–Kier alpha value is -13.9. The summed E-state index contributed by atoms with van der Waals surface area (Å²) in [6.07, 6.45) is -1.15. The first-order chi connectivity index (χ1) is 69.8. The molecule has 7 saturated heterocycles.